The van der Waals surface area contributed by atoms with Gasteiger partial charge in [0.25, 0.3) is 11.8 Å². The van der Waals surface area contributed by atoms with Crippen molar-refractivity contribution in [2.45, 2.75) is 12.8 Å². The first kappa shape index (κ1) is 21.2. The average Bonchev–Trinajstić information content (AvgIpc) is 2.71. The fraction of sp³-hybridized carbons (Fsp3) is 0.444. The van der Waals surface area contributed by atoms with Crippen LogP contribution in [-0.4, -0.2) is 73.5 Å². The van der Waals surface area contributed by atoms with E-state index in [1.165, 1.54) is 13.2 Å². The standard InChI is InChI=1S/C18H26N6O4/c1-28-15(25)6-3-7-21-16(26)13-4-2-5-14(12-13)17(27)22-24-10-8-23(9-11-24)18(19)20/h2,4-5,12H,3,6-11H2,1H3,(H3,19,20)(H,21,26)(H,22,27). The number of methoxy groups -OCH3 is 1. The van der Waals surface area contributed by atoms with Gasteiger partial charge in [0.05, 0.1) is 7.11 Å². The number of carbonyl (C=O) groups excluding carboxylic acids is 3. The van der Waals surface area contributed by atoms with Gasteiger partial charge in [-0.05, 0) is 24.6 Å². The second-order valence-corrected chi connectivity index (χ2v) is 6.32. The number of amides is 2. The molecule has 2 amide bonds. The summed E-state index contributed by atoms with van der Waals surface area (Å²) in [6.45, 7) is 2.55. The summed E-state index contributed by atoms with van der Waals surface area (Å²) in [7, 11) is 1.32. The maximum atomic E-state index is 12.5. The number of rotatable bonds is 7. The minimum atomic E-state index is -0.322. The molecule has 1 aliphatic heterocycles. The molecule has 152 valence electrons. The summed E-state index contributed by atoms with van der Waals surface area (Å²) in [4.78, 5) is 37.5. The Hall–Kier alpha value is -3.14. The monoisotopic (exact) mass is 390 g/mol. The van der Waals surface area contributed by atoms with Crippen molar-refractivity contribution in [3.8, 4) is 0 Å². The van der Waals surface area contributed by atoms with Crippen LogP contribution in [0.5, 0.6) is 0 Å². The van der Waals surface area contributed by atoms with E-state index in [0.717, 1.165) is 0 Å². The summed E-state index contributed by atoms with van der Waals surface area (Å²) in [5, 5.41) is 11.9. The minimum Gasteiger partial charge on any atom is -0.469 e. The number of nitrogens with two attached hydrogens (primary N) is 1. The van der Waals surface area contributed by atoms with Gasteiger partial charge >= 0.3 is 5.97 Å². The highest BCUT2D eigenvalue weighted by Gasteiger charge is 2.20. The SMILES string of the molecule is COC(=O)CCCNC(=O)c1cccc(C(=O)NN2CCN(C(=N)N)CC2)c1. The number of nitrogens with one attached hydrogen (secondary N) is 3. The predicted molar refractivity (Wildman–Crippen MR) is 103 cm³/mol. The normalized spacial score (nSPS) is 14.2. The van der Waals surface area contributed by atoms with Crippen molar-refractivity contribution in [1.82, 2.24) is 20.7 Å². The Morgan fingerprint density at radius 2 is 1.79 bits per heavy atom. The lowest BCUT2D eigenvalue weighted by atomic mass is 10.1. The van der Waals surface area contributed by atoms with E-state index in [9.17, 15) is 14.4 Å². The largest absolute Gasteiger partial charge is 0.469 e. The van der Waals surface area contributed by atoms with E-state index < -0.39 is 0 Å². The summed E-state index contributed by atoms with van der Waals surface area (Å²) < 4.78 is 4.54. The van der Waals surface area contributed by atoms with Crippen LogP contribution in [0, 0.1) is 5.41 Å². The van der Waals surface area contributed by atoms with Crippen LogP contribution in [0.4, 0.5) is 0 Å². The molecular formula is C18H26N6O4. The highest BCUT2D eigenvalue weighted by Crippen LogP contribution is 2.07. The van der Waals surface area contributed by atoms with E-state index in [2.05, 4.69) is 15.5 Å². The molecule has 10 nitrogen and oxygen atoms in total. The summed E-state index contributed by atoms with van der Waals surface area (Å²) in [6.07, 6.45) is 0.709. The number of benzene rings is 1. The second-order valence-electron chi connectivity index (χ2n) is 6.32. The fourth-order valence-electron chi connectivity index (χ4n) is 2.71. The molecule has 0 saturated carbocycles. The predicted octanol–water partition coefficient (Wildman–Crippen LogP) is -0.475. The summed E-state index contributed by atoms with van der Waals surface area (Å²) >= 11 is 0. The van der Waals surface area contributed by atoms with Gasteiger partial charge < -0.3 is 20.7 Å². The van der Waals surface area contributed by atoms with Crippen molar-refractivity contribution in [3.63, 3.8) is 0 Å². The zero-order valence-corrected chi connectivity index (χ0v) is 15.9. The molecule has 10 heteroatoms. The highest BCUT2D eigenvalue weighted by atomic mass is 16.5. The van der Waals surface area contributed by atoms with Crippen LogP contribution >= 0.6 is 0 Å². The van der Waals surface area contributed by atoms with Gasteiger partial charge in [-0.25, -0.2) is 5.01 Å². The molecule has 1 aromatic rings. The molecule has 2 rings (SSSR count). The highest BCUT2D eigenvalue weighted by molar-refractivity contribution is 5.99. The van der Waals surface area contributed by atoms with Gasteiger partial charge in [-0.3, -0.25) is 25.2 Å². The molecule has 0 aliphatic carbocycles. The lowest BCUT2D eigenvalue weighted by Gasteiger charge is -2.34. The van der Waals surface area contributed by atoms with Crippen LogP contribution in [0.1, 0.15) is 33.6 Å². The van der Waals surface area contributed by atoms with Crippen molar-refractivity contribution in [3.05, 3.63) is 35.4 Å². The first-order chi connectivity index (χ1) is 13.4. The van der Waals surface area contributed by atoms with E-state index in [-0.39, 0.29) is 30.2 Å². The Morgan fingerprint density at radius 3 is 2.39 bits per heavy atom. The Balaban J connectivity index is 1.84. The maximum absolute atomic E-state index is 12.5. The van der Waals surface area contributed by atoms with Crippen LogP contribution < -0.4 is 16.5 Å². The number of piperazine rings is 1. The first-order valence-corrected chi connectivity index (χ1v) is 9.00. The quantitative estimate of drug-likeness (QED) is 0.213. The van der Waals surface area contributed by atoms with Gasteiger partial charge in [0.15, 0.2) is 5.96 Å². The van der Waals surface area contributed by atoms with Crippen LogP contribution in [0.25, 0.3) is 0 Å². The van der Waals surface area contributed by atoms with Gasteiger partial charge in [-0.2, -0.15) is 0 Å². The molecule has 0 bridgehead atoms. The van der Waals surface area contributed by atoms with Crippen LogP contribution in [0.15, 0.2) is 24.3 Å². The molecule has 0 spiro atoms. The number of ether oxygens (including phenoxy) is 1. The fourth-order valence-corrected chi connectivity index (χ4v) is 2.71. The van der Waals surface area contributed by atoms with Crippen LogP contribution in [0.2, 0.25) is 0 Å². The molecule has 1 saturated heterocycles. The number of hydrogen-bond acceptors (Lipinski definition) is 6. The van der Waals surface area contributed by atoms with E-state index in [4.69, 9.17) is 11.1 Å². The number of hydrazine groups is 1. The molecule has 1 aromatic carbocycles. The Kier molecular flexibility index (Phi) is 7.76. The van der Waals surface area contributed by atoms with Crippen LogP contribution in [-0.2, 0) is 9.53 Å². The van der Waals surface area contributed by atoms with Gasteiger partial charge in [0, 0.05) is 50.3 Å². The molecule has 1 fully saturated rings. The third-order valence-corrected chi connectivity index (χ3v) is 4.34. The number of guanidine groups is 1. The smallest absolute Gasteiger partial charge is 0.305 e. The molecule has 0 aromatic heterocycles. The van der Waals surface area contributed by atoms with Crippen molar-refractivity contribution in [2.75, 3.05) is 39.8 Å². The van der Waals surface area contributed by atoms with Gasteiger partial charge in [0.2, 0.25) is 0 Å². The van der Waals surface area contributed by atoms with Gasteiger partial charge in [0.1, 0.15) is 0 Å². The summed E-state index contributed by atoms with van der Waals surface area (Å²) in [5.41, 5.74) is 9.00. The van der Waals surface area contributed by atoms with E-state index >= 15 is 0 Å². The van der Waals surface area contributed by atoms with Crippen LogP contribution in [0.3, 0.4) is 0 Å². The van der Waals surface area contributed by atoms with Gasteiger partial charge in [-0.1, -0.05) is 6.07 Å². The average molecular weight is 390 g/mol. The molecule has 5 N–H and O–H groups in total. The maximum Gasteiger partial charge on any atom is 0.305 e. The third-order valence-electron chi connectivity index (χ3n) is 4.34. The van der Waals surface area contributed by atoms with Crippen molar-refractivity contribution >= 4 is 23.7 Å². The van der Waals surface area contributed by atoms with Crippen molar-refractivity contribution in [1.29, 1.82) is 5.41 Å². The van der Waals surface area contributed by atoms with Gasteiger partial charge in [-0.15, -0.1) is 0 Å². The minimum absolute atomic E-state index is 0.0243. The summed E-state index contributed by atoms with van der Waals surface area (Å²) in [5.74, 6) is -0.917. The molecule has 0 atom stereocenters. The Labute approximate surface area is 163 Å². The van der Waals surface area contributed by atoms with E-state index in [1.807, 2.05) is 0 Å². The number of carbonyl (C=O) groups is 3. The lowest BCUT2D eigenvalue weighted by Crippen LogP contribution is -2.55. The lowest BCUT2D eigenvalue weighted by molar-refractivity contribution is -0.140. The number of nitrogens with zero attached hydrogens (tertiary/aromatic N) is 2. The molecule has 0 unspecified atom stereocenters. The molecular weight excluding hydrogens is 364 g/mol. The Bertz CT molecular complexity index is 731. The second kappa shape index (κ2) is 10.3. The summed E-state index contributed by atoms with van der Waals surface area (Å²) in [6, 6.07) is 6.43. The number of esters is 1. The van der Waals surface area contributed by atoms with Crippen molar-refractivity contribution in [2.24, 2.45) is 5.73 Å². The molecule has 0 radical (unpaired) electrons. The zero-order chi connectivity index (χ0) is 20.5. The molecule has 1 aliphatic rings. The molecule has 1 heterocycles. The van der Waals surface area contributed by atoms with Crippen molar-refractivity contribution < 1.29 is 19.1 Å². The molecule has 28 heavy (non-hydrogen) atoms. The first-order valence-electron chi connectivity index (χ1n) is 9.00. The van der Waals surface area contributed by atoms with E-state index in [1.54, 1.807) is 28.1 Å². The number of hydrogen-bond donors (Lipinski definition) is 4. The van der Waals surface area contributed by atoms with E-state index in [0.29, 0.717) is 50.3 Å². The Morgan fingerprint density at radius 1 is 1.14 bits per heavy atom. The zero-order valence-electron chi connectivity index (χ0n) is 15.9. The topological polar surface area (TPSA) is 141 Å². The third kappa shape index (κ3) is 6.23.